The number of carbonyl (C=O) groups is 1. The van der Waals surface area contributed by atoms with Crippen molar-refractivity contribution < 1.29 is 19.6 Å². The highest BCUT2D eigenvalue weighted by Gasteiger charge is 2.35. The van der Waals surface area contributed by atoms with Crippen LogP contribution in [0.3, 0.4) is 0 Å². The van der Waals surface area contributed by atoms with Crippen LogP contribution in [-0.2, 0) is 16.0 Å². The highest BCUT2D eigenvalue weighted by atomic mass is 16.6. The Morgan fingerprint density at radius 2 is 1.95 bits per heavy atom. The van der Waals surface area contributed by atoms with Crippen LogP contribution in [0.15, 0.2) is 24.3 Å². The summed E-state index contributed by atoms with van der Waals surface area (Å²) >= 11 is 0. The Balaban J connectivity index is 1.97. The molecule has 2 rings (SSSR count). The first kappa shape index (κ1) is 15.8. The second kappa shape index (κ2) is 6.94. The second-order valence-corrected chi connectivity index (χ2v) is 6.21. The molecule has 21 heavy (non-hydrogen) atoms. The maximum absolute atomic E-state index is 12.3. The largest absolute Gasteiger partial charge is 0.496 e. The van der Waals surface area contributed by atoms with E-state index in [0.29, 0.717) is 5.92 Å². The molecule has 0 aromatic heterocycles. The van der Waals surface area contributed by atoms with Crippen molar-refractivity contribution in [1.29, 1.82) is 0 Å². The molecule has 116 valence electrons. The van der Waals surface area contributed by atoms with Gasteiger partial charge in [-0.05, 0) is 19.9 Å². The summed E-state index contributed by atoms with van der Waals surface area (Å²) in [5.41, 5.74) is 0.477. The average Bonchev–Trinajstić information content (AvgIpc) is 2.48. The van der Waals surface area contributed by atoms with E-state index in [0.717, 1.165) is 37.2 Å². The van der Waals surface area contributed by atoms with Crippen molar-refractivity contribution in [3.8, 4) is 5.75 Å². The number of methoxy groups -OCH3 is 1. The van der Waals surface area contributed by atoms with Crippen LogP contribution in [0.5, 0.6) is 5.75 Å². The van der Waals surface area contributed by atoms with Crippen LogP contribution in [0.1, 0.15) is 32.3 Å². The van der Waals surface area contributed by atoms with E-state index in [1.807, 2.05) is 38.1 Å². The summed E-state index contributed by atoms with van der Waals surface area (Å²) < 4.78 is 11.1. The van der Waals surface area contributed by atoms with Crippen LogP contribution in [-0.4, -0.2) is 31.8 Å². The zero-order valence-corrected chi connectivity index (χ0v) is 13.2. The smallest absolute Gasteiger partial charge is 0.310 e. The first-order valence-corrected chi connectivity index (χ1v) is 7.68. The van der Waals surface area contributed by atoms with E-state index in [1.54, 1.807) is 7.11 Å². The highest BCUT2D eigenvalue weighted by Crippen LogP contribution is 2.28. The van der Waals surface area contributed by atoms with Crippen molar-refractivity contribution in [2.45, 2.75) is 38.7 Å². The van der Waals surface area contributed by atoms with Gasteiger partial charge in [-0.15, -0.1) is 0 Å². The van der Waals surface area contributed by atoms with Crippen molar-refractivity contribution >= 4 is 5.97 Å². The molecule has 0 saturated carbocycles. The van der Waals surface area contributed by atoms with Crippen LogP contribution < -0.4 is 10.1 Å². The molecular weight excluding hydrogens is 266 g/mol. The van der Waals surface area contributed by atoms with Gasteiger partial charge in [0.25, 0.3) is 0 Å². The molecule has 0 amide bonds. The second-order valence-electron chi connectivity index (χ2n) is 6.21. The van der Waals surface area contributed by atoms with E-state index >= 15 is 0 Å². The molecule has 0 unspecified atom stereocenters. The molecule has 4 heteroatoms. The average molecular weight is 292 g/mol. The zero-order chi connectivity index (χ0) is 15.3. The fraction of sp³-hybridized carbons (Fsp3) is 0.588. The van der Waals surface area contributed by atoms with Crippen LogP contribution >= 0.6 is 0 Å². The lowest BCUT2D eigenvalue weighted by Crippen LogP contribution is -2.86. The van der Waals surface area contributed by atoms with E-state index in [-0.39, 0.29) is 12.4 Å². The van der Waals surface area contributed by atoms with Crippen LogP contribution in [0, 0.1) is 5.92 Å². The number of nitrogens with two attached hydrogens (primary N) is 1. The van der Waals surface area contributed by atoms with Gasteiger partial charge in [0.2, 0.25) is 0 Å². The van der Waals surface area contributed by atoms with Gasteiger partial charge in [0.1, 0.15) is 11.4 Å². The summed E-state index contributed by atoms with van der Waals surface area (Å²) in [6.45, 7) is 6.31. The SMILES string of the molecule is COc1ccccc1CC(=O)OC(C)(C)C1CC[NH2+]CC1. The van der Waals surface area contributed by atoms with Crippen LogP contribution in [0.2, 0.25) is 0 Å². The molecule has 4 nitrogen and oxygen atoms in total. The first-order chi connectivity index (χ1) is 10.0. The number of quaternary nitrogens is 1. The highest BCUT2D eigenvalue weighted by molar-refractivity contribution is 5.74. The summed E-state index contributed by atoms with van der Waals surface area (Å²) in [6.07, 6.45) is 2.47. The fourth-order valence-electron chi connectivity index (χ4n) is 3.04. The molecule has 1 aromatic carbocycles. The number of para-hydroxylation sites is 1. The number of benzene rings is 1. The van der Waals surface area contributed by atoms with E-state index in [4.69, 9.17) is 9.47 Å². The number of esters is 1. The predicted octanol–water partition coefficient (Wildman–Crippen LogP) is 1.53. The van der Waals surface area contributed by atoms with Crippen LogP contribution in [0.4, 0.5) is 0 Å². The molecule has 1 fully saturated rings. The third kappa shape index (κ3) is 4.21. The molecule has 0 spiro atoms. The number of carbonyl (C=O) groups excluding carboxylic acids is 1. The van der Waals surface area contributed by atoms with Gasteiger partial charge in [0.05, 0.1) is 26.6 Å². The van der Waals surface area contributed by atoms with Gasteiger partial charge < -0.3 is 14.8 Å². The zero-order valence-electron chi connectivity index (χ0n) is 13.2. The van der Waals surface area contributed by atoms with Gasteiger partial charge in [-0.2, -0.15) is 0 Å². The molecule has 1 aromatic rings. The van der Waals surface area contributed by atoms with Crippen molar-refractivity contribution in [2.75, 3.05) is 20.2 Å². The Morgan fingerprint density at radius 1 is 1.29 bits per heavy atom. The minimum atomic E-state index is -0.395. The lowest BCUT2D eigenvalue weighted by molar-refractivity contribution is -0.665. The quantitative estimate of drug-likeness (QED) is 0.838. The minimum absolute atomic E-state index is 0.181. The molecule has 1 heterocycles. The molecule has 0 radical (unpaired) electrons. The number of hydrogen-bond acceptors (Lipinski definition) is 3. The fourth-order valence-corrected chi connectivity index (χ4v) is 3.04. The Kier molecular flexibility index (Phi) is 5.23. The van der Waals surface area contributed by atoms with Gasteiger partial charge in [-0.1, -0.05) is 18.2 Å². The number of piperidine rings is 1. The maximum atomic E-state index is 12.3. The molecule has 1 aliphatic heterocycles. The Labute approximate surface area is 126 Å². The molecule has 1 saturated heterocycles. The van der Waals surface area contributed by atoms with Crippen molar-refractivity contribution in [1.82, 2.24) is 0 Å². The van der Waals surface area contributed by atoms with E-state index in [1.165, 1.54) is 0 Å². The van der Waals surface area contributed by atoms with E-state index in [9.17, 15) is 4.79 Å². The maximum Gasteiger partial charge on any atom is 0.310 e. The molecule has 0 atom stereocenters. The van der Waals surface area contributed by atoms with Crippen molar-refractivity contribution in [2.24, 2.45) is 5.92 Å². The Morgan fingerprint density at radius 3 is 2.62 bits per heavy atom. The van der Waals surface area contributed by atoms with Gasteiger partial charge in [0.15, 0.2) is 0 Å². The monoisotopic (exact) mass is 292 g/mol. The third-order valence-corrected chi connectivity index (χ3v) is 4.33. The Bertz CT molecular complexity index is 479. The molecular formula is C17H26NO3+. The van der Waals surface area contributed by atoms with E-state index in [2.05, 4.69) is 5.32 Å². The third-order valence-electron chi connectivity index (χ3n) is 4.33. The van der Waals surface area contributed by atoms with Gasteiger partial charge in [0, 0.05) is 24.3 Å². The normalized spacial score (nSPS) is 16.5. The number of ether oxygens (including phenoxy) is 2. The van der Waals surface area contributed by atoms with Gasteiger partial charge in [-0.25, -0.2) is 0 Å². The lowest BCUT2D eigenvalue weighted by Gasteiger charge is -2.35. The summed E-state index contributed by atoms with van der Waals surface area (Å²) in [5, 5.41) is 2.32. The molecule has 0 bridgehead atoms. The summed E-state index contributed by atoms with van der Waals surface area (Å²) in [4.78, 5) is 12.3. The summed E-state index contributed by atoms with van der Waals surface area (Å²) in [7, 11) is 1.62. The minimum Gasteiger partial charge on any atom is -0.496 e. The molecule has 1 aliphatic rings. The van der Waals surface area contributed by atoms with E-state index < -0.39 is 5.60 Å². The molecule has 2 N–H and O–H groups in total. The number of rotatable bonds is 5. The summed E-state index contributed by atoms with van der Waals surface area (Å²) in [5.74, 6) is 1.00. The molecule has 0 aliphatic carbocycles. The predicted molar refractivity (Wildman–Crippen MR) is 81.3 cm³/mol. The van der Waals surface area contributed by atoms with Crippen molar-refractivity contribution in [3.05, 3.63) is 29.8 Å². The first-order valence-electron chi connectivity index (χ1n) is 7.68. The summed E-state index contributed by atoms with van der Waals surface area (Å²) in [6, 6.07) is 7.58. The van der Waals surface area contributed by atoms with Gasteiger partial charge >= 0.3 is 5.97 Å². The van der Waals surface area contributed by atoms with Gasteiger partial charge in [-0.3, -0.25) is 4.79 Å². The number of hydrogen-bond donors (Lipinski definition) is 1. The standard InChI is InChI=1S/C17H25NO3/c1-17(2,14-8-10-18-11-9-14)21-16(19)12-13-6-4-5-7-15(13)20-3/h4-7,14,18H,8-12H2,1-3H3/p+1. The van der Waals surface area contributed by atoms with Crippen molar-refractivity contribution in [3.63, 3.8) is 0 Å². The lowest BCUT2D eigenvalue weighted by atomic mass is 9.83. The van der Waals surface area contributed by atoms with Crippen LogP contribution in [0.25, 0.3) is 0 Å². The topological polar surface area (TPSA) is 52.1 Å². The Hall–Kier alpha value is -1.55.